The quantitative estimate of drug-likeness (QED) is 0.299. The molecule has 0 radical (unpaired) electrons. The summed E-state index contributed by atoms with van der Waals surface area (Å²) < 4.78 is 9.51. The lowest BCUT2D eigenvalue weighted by Crippen LogP contribution is -2.55. The number of aryl methyl sites for hydroxylation is 1. The number of carbonyl (C=O) groups excluding carboxylic acids is 2. The first-order chi connectivity index (χ1) is 11.0. The van der Waals surface area contributed by atoms with Gasteiger partial charge >= 0.3 is 17.5 Å². The van der Waals surface area contributed by atoms with Gasteiger partial charge in [0.05, 0.1) is 18.1 Å². The maximum atomic E-state index is 12.1. The SMILES string of the molecule is CCOC(=O)C(CCCc1ccccc1)(C(=O)OCC)[N+](=O)[O-]. The Morgan fingerprint density at radius 1 is 1.09 bits per heavy atom. The molecule has 23 heavy (non-hydrogen) atoms. The summed E-state index contributed by atoms with van der Waals surface area (Å²) in [6.45, 7) is 2.95. The normalized spacial score (nSPS) is 10.9. The molecule has 0 N–H and O–H groups in total. The average molecular weight is 323 g/mol. The van der Waals surface area contributed by atoms with Crippen molar-refractivity contribution in [2.24, 2.45) is 0 Å². The number of benzene rings is 1. The minimum absolute atomic E-state index is 0.0491. The molecule has 0 heterocycles. The Labute approximate surface area is 134 Å². The molecule has 0 unspecified atom stereocenters. The van der Waals surface area contributed by atoms with Crippen LogP contribution in [0.5, 0.6) is 0 Å². The van der Waals surface area contributed by atoms with Crippen molar-refractivity contribution in [1.82, 2.24) is 0 Å². The van der Waals surface area contributed by atoms with E-state index in [1.54, 1.807) is 0 Å². The van der Waals surface area contributed by atoms with Crippen molar-refractivity contribution >= 4 is 11.9 Å². The Kier molecular flexibility index (Phi) is 7.18. The number of carbonyl (C=O) groups is 2. The molecule has 0 aliphatic rings. The summed E-state index contributed by atoms with van der Waals surface area (Å²) in [5.74, 6) is -2.34. The molecule has 0 spiro atoms. The van der Waals surface area contributed by atoms with E-state index in [9.17, 15) is 19.7 Å². The molecule has 0 atom stereocenters. The molecule has 0 amide bonds. The predicted molar refractivity (Wildman–Crippen MR) is 82.4 cm³/mol. The fraction of sp³-hybridized carbons (Fsp3) is 0.500. The minimum atomic E-state index is -2.50. The van der Waals surface area contributed by atoms with Gasteiger partial charge in [0.15, 0.2) is 0 Å². The van der Waals surface area contributed by atoms with E-state index in [1.165, 1.54) is 13.8 Å². The number of esters is 2. The molecule has 0 saturated carbocycles. The molecule has 0 aliphatic heterocycles. The molecule has 1 aromatic carbocycles. The number of nitrogens with zero attached hydrogens (tertiary/aromatic N) is 1. The lowest BCUT2D eigenvalue weighted by molar-refractivity contribution is -0.543. The van der Waals surface area contributed by atoms with Crippen molar-refractivity contribution in [3.8, 4) is 0 Å². The van der Waals surface area contributed by atoms with Gasteiger partial charge < -0.3 is 9.47 Å². The minimum Gasteiger partial charge on any atom is -0.460 e. The number of ether oxygens (including phenoxy) is 2. The second-order valence-electron chi connectivity index (χ2n) is 4.90. The summed E-state index contributed by atoms with van der Waals surface area (Å²) in [7, 11) is 0. The molecule has 0 bridgehead atoms. The van der Waals surface area contributed by atoms with Gasteiger partial charge in [0.2, 0.25) is 0 Å². The van der Waals surface area contributed by atoms with Crippen molar-refractivity contribution in [1.29, 1.82) is 0 Å². The van der Waals surface area contributed by atoms with Crippen LogP contribution in [-0.2, 0) is 25.5 Å². The van der Waals surface area contributed by atoms with E-state index >= 15 is 0 Å². The standard InChI is InChI=1S/C16H21NO6/c1-3-22-14(18)16(17(20)21,15(19)23-4-2)12-8-11-13-9-6-5-7-10-13/h5-7,9-10H,3-4,8,11-12H2,1-2H3. The molecule has 0 aliphatic carbocycles. The van der Waals surface area contributed by atoms with Crippen LogP contribution in [-0.4, -0.2) is 35.6 Å². The molecule has 0 aromatic heterocycles. The van der Waals surface area contributed by atoms with Gasteiger partial charge in [-0.25, -0.2) is 9.59 Å². The fourth-order valence-corrected chi connectivity index (χ4v) is 2.22. The Morgan fingerprint density at radius 3 is 2.04 bits per heavy atom. The van der Waals surface area contributed by atoms with Gasteiger partial charge in [-0.3, -0.25) is 10.1 Å². The summed E-state index contributed by atoms with van der Waals surface area (Å²) in [5.41, 5.74) is -1.53. The van der Waals surface area contributed by atoms with E-state index in [-0.39, 0.29) is 26.1 Å². The largest absolute Gasteiger partial charge is 0.460 e. The third-order valence-electron chi connectivity index (χ3n) is 3.38. The molecular formula is C16H21NO6. The highest BCUT2D eigenvalue weighted by Crippen LogP contribution is 2.23. The number of hydrogen-bond donors (Lipinski definition) is 0. The maximum absolute atomic E-state index is 12.1. The number of hydrogen-bond acceptors (Lipinski definition) is 6. The van der Waals surface area contributed by atoms with E-state index in [1.807, 2.05) is 30.3 Å². The third kappa shape index (κ3) is 4.51. The maximum Gasteiger partial charge on any atom is 0.410 e. The molecular weight excluding hydrogens is 302 g/mol. The van der Waals surface area contributed by atoms with E-state index in [2.05, 4.69) is 0 Å². The smallest absolute Gasteiger partial charge is 0.410 e. The molecule has 7 heteroatoms. The van der Waals surface area contributed by atoms with Gasteiger partial charge in [-0.15, -0.1) is 0 Å². The molecule has 1 aromatic rings. The van der Waals surface area contributed by atoms with Gasteiger partial charge in [0, 0.05) is 6.42 Å². The van der Waals surface area contributed by atoms with Crippen molar-refractivity contribution in [3.63, 3.8) is 0 Å². The van der Waals surface area contributed by atoms with E-state index in [4.69, 9.17) is 9.47 Å². The van der Waals surface area contributed by atoms with Crippen LogP contribution in [0.2, 0.25) is 0 Å². The first-order valence-electron chi connectivity index (χ1n) is 7.51. The van der Waals surface area contributed by atoms with Gasteiger partial charge in [0.25, 0.3) is 0 Å². The molecule has 7 nitrogen and oxygen atoms in total. The van der Waals surface area contributed by atoms with Crippen LogP contribution >= 0.6 is 0 Å². The van der Waals surface area contributed by atoms with Crippen molar-refractivity contribution in [2.45, 2.75) is 38.6 Å². The fourth-order valence-electron chi connectivity index (χ4n) is 2.22. The summed E-state index contributed by atoms with van der Waals surface area (Å²) in [6.07, 6.45) is 0.518. The Balaban J connectivity index is 2.94. The number of nitro groups is 1. The van der Waals surface area contributed by atoms with Gasteiger partial charge in [0.1, 0.15) is 0 Å². The summed E-state index contributed by atoms with van der Waals surface area (Å²) >= 11 is 0. The molecule has 126 valence electrons. The van der Waals surface area contributed by atoms with Crippen LogP contribution in [0.15, 0.2) is 30.3 Å². The highest BCUT2D eigenvalue weighted by atomic mass is 16.7. The average Bonchev–Trinajstić information content (AvgIpc) is 2.52. The summed E-state index contributed by atoms with van der Waals surface area (Å²) in [4.78, 5) is 34.8. The van der Waals surface area contributed by atoms with E-state index in [0.29, 0.717) is 6.42 Å². The van der Waals surface area contributed by atoms with Crippen molar-refractivity contribution in [2.75, 3.05) is 13.2 Å². The van der Waals surface area contributed by atoms with Crippen molar-refractivity contribution < 1.29 is 24.0 Å². The zero-order valence-corrected chi connectivity index (χ0v) is 13.3. The first kappa shape index (κ1) is 18.6. The van der Waals surface area contributed by atoms with E-state index in [0.717, 1.165) is 5.56 Å². The highest BCUT2D eigenvalue weighted by molar-refractivity contribution is 6.03. The van der Waals surface area contributed by atoms with Crippen LogP contribution in [0.3, 0.4) is 0 Å². The zero-order chi connectivity index (χ0) is 17.3. The first-order valence-corrected chi connectivity index (χ1v) is 7.51. The van der Waals surface area contributed by atoms with Crippen molar-refractivity contribution in [3.05, 3.63) is 46.0 Å². The van der Waals surface area contributed by atoms with Crippen LogP contribution in [0, 0.1) is 10.1 Å². The Morgan fingerprint density at radius 2 is 1.61 bits per heavy atom. The number of rotatable bonds is 9. The predicted octanol–water partition coefficient (Wildman–Crippen LogP) is 2.15. The highest BCUT2D eigenvalue weighted by Gasteiger charge is 2.61. The Hall–Kier alpha value is -2.44. The molecule has 0 saturated heterocycles. The molecule has 1 rings (SSSR count). The van der Waals surface area contributed by atoms with Crippen LogP contribution in [0.1, 0.15) is 32.3 Å². The van der Waals surface area contributed by atoms with Gasteiger partial charge in [-0.05, 0) is 32.3 Å². The van der Waals surface area contributed by atoms with Gasteiger partial charge in [-0.1, -0.05) is 30.3 Å². The lowest BCUT2D eigenvalue weighted by atomic mass is 9.92. The van der Waals surface area contributed by atoms with Crippen LogP contribution in [0.25, 0.3) is 0 Å². The van der Waals surface area contributed by atoms with Crippen LogP contribution < -0.4 is 0 Å². The summed E-state index contributed by atoms with van der Waals surface area (Å²) in [5, 5.41) is 11.5. The lowest BCUT2D eigenvalue weighted by Gasteiger charge is -2.21. The second kappa shape index (κ2) is 8.87. The summed E-state index contributed by atoms with van der Waals surface area (Å²) in [6, 6.07) is 9.33. The zero-order valence-electron chi connectivity index (χ0n) is 13.3. The van der Waals surface area contributed by atoms with E-state index < -0.39 is 22.4 Å². The monoisotopic (exact) mass is 323 g/mol. The third-order valence-corrected chi connectivity index (χ3v) is 3.38. The second-order valence-corrected chi connectivity index (χ2v) is 4.90. The van der Waals surface area contributed by atoms with Crippen LogP contribution in [0.4, 0.5) is 0 Å². The topological polar surface area (TPSA) is 95.7 Å². The molecule has 0 fully saturated rings. The Bertz CT molecular complexity index is 525. The van der Waals surface area contributed by atoms with Gasteiger partial charge in [-0.2, -0.15) is 0 Å².